The Morgan fingerprint density at radius 2 is 1.88 bits per heavy atom. The van der Waals surface area contributed by atoms with Gasteiger partial charge in [-0.1, -0.05) is 39.7 Å². The Labute approximate surface area is 108 Å². The van der Waals surface area contributed by atoms with E-state index in [9.17, 15) is 0 Å². The van der Waals surface area contributed by atoms with Gasteiger partial charge in [-0.2, -0.15) is 5.10 Å². The largest absolute Gasteiger partial charge is 0.264 e. The number of aryl methyl sites for hydroxylation is 1. The lowest BCUT2D eigenvalue weighted by Crippen LogP contribution is -2.03. The number of aromatic nitrogens is 2. The molecule has 0 radical (unpaired) electrons. The summed E-state index contributed by atoms with van der Waals surface area (Å²) in [6.45, 7) is 4.67. The number of hydrogen-bond acceptors (Lipinski definition) is 1. The van der Waals surface area contributed by atoms with Crippen LogP contribution in [0.15, 0.2) is 28.7 Å². The van der Waals surface area contributed by atoms with Gasteiger partial charge < -0.3 is 0 Å². The summed E-state index contributed by atoms with van der Waals surface area (Å²) in [6, 6.07) is 8.22. The van der Waals surface area contributed by atoms with Gasteiger partial charge in [0.1, 0.15) is 0 Å². The SMILES string of the molecule is Cc1nn(Cc2ccc(Br)cc2)c(C)c1Cl. The van der Waals surface area contributed by atoms with Crippen molar-refractivity contribution in [2.45, 2.75) is 20.4 Å². The fraction of sp³-hybridized carbons (Fsp3) is 0.250. The van der Waals surface area contributed by atoms with Gasteiger partial charge in [-0.15, -0.1) is 0 Å². The second-order valence-electron chi connectivity index (χ2n) is 3.77. The van der Waals surface area contributed by atoms with Crippen molar-refractivity contribution >= 4 is 27.5 Å². The van der Waals surface area contributed by atoms with E-state index in [1.54, 1.807) is 0 Å². The van der Waals surface area contributed by atoms with Crippen LogP contribution in [0.25, 0.3) is 0 Å². The maximum Gasteiger partial charge on any atom is 0.0844 e. The minimum absolute atomic E-state index is 0.757. The van der Waals surface area contributed by atoms with Crippen molar-refractivity contribution in [1.82, 2.24) is 9.78 Å². The Bertz CT molecular complexity index is 502. The number of hydrogen-bond donors (Lipinski definition) is 0. The Morgan fingerprint density at radius 1 is 1.25 bits per heavy atom. The van der Waals surface area contributed by atoms with E-state index in [4.69, 9.17) is 11.6 Å². The van der Waals surface area contributed by atoms with Gasteiger partial charge in [0.2, 0.25) is 0 Å². The molecule has 0 fully saturated rings. The molecule has 2 aromatic rings. The van der Waals surface area contributed by atoms with Crippen molar-refractivity contribution in [2.75, 3.05) is 0 Å². The third-order valence-electron chi connectivity index (χ3n) is 2.54. The van der Waals surface area contributed by atoms with Crippen LogP contribution in [0, 0.1) is 13.8 Å². The average molecular weight is 300 g/mol. The molecule has 0 saturated carbocycles. The number of benzene rings is 1. The van der Waals surface area contributed by atoms with Crippen molar-refractivity contribution in [3.63, 3.8) is 0 Å². The topological polar surface area (TPSA) is 17.8 Å². The Balaban J connectivity index is 2.27. The molecule has 4 heteroatoms. The summed E-state index contributed by atoms with van der Waals surface area (Å²) in [7, 11) is 0. The van der Waals surface area contributed by atoms with E-state index in [2.05, 4.69) is 33.2 Å². The van der Waals surface area contributed by atoms with Crippen LogP contribution in [0.1, 0.15) is 17.0 Å². The minimum Gasteiger partial charge on any atom is -0.264 e. The molecular weight excluding hydrogens is 288 g/mol. The number of halogens is 2. The summed E-state index contributed by atoms with van der Waals surface area (Å²) < 4.78 is 3.02. The van der Waals surface area contributed by atoms with Crippen LogP contribution >= 0.6 is 27.5 Å². The predicted molar refractivity (Wildman–Crippen MR) is 70.0 cm³/mol. The van der Waals surface area contributed by atoms with E-state index in [-0.39, 0.29) is 0 Å². The van der Waals surface area contributed by atoms with E-state index in [0.717, 1.165) is 27.4 Å². The van der Waals surface area contributed by atoms with Crippen LogP contribution in [0.5, 0.6) is 0 Å². The highest BCUT2D eigenvalue weighted by Crippen LogP contribution is 2.20. The van der Waals surface area contributed by atoms with Crippen LogP contribution in [-0.4, -0.2) is 9.78 Å². The molecule has 2 rings (SSSR count). The quantitative estimate of drug-likeness (QED) is 0.820. The first-order chi connectivity index (χ1) is 7.58. The molecule has 0 N–H and O–H groups in total. The van der Waals surface area contributed by atoms with Crippen molar-refractivity contribution < 1.29 is 0 Å². The highest BCUT2D eigenvalue weighted by atomic mass is 79.9. The lowest BCUT2D eigenvalue weighted by atomic mass is 10.2. The molecular formula is C12H12BrClN2. The number of nitrogens with zero attached hydrogens (tertiary/aromatic N) is 2. The van der Waals surface area contributed by atoms with Crippen LogP contribution in [0.4, 0.5) is 0 Å². The van der Waals surface area contributed by atoms with Gasteiger partial charge >= 0.3 is 0 Å². The van der Waals surface area contributed by atoms with Gasteiger partial charge in [-0.25, -0.2) is 0 Å². The molecule has 0 aliphatic carbocycles. The molecule has 1 heterocycles. The highest BCUT2D eigenvalue weighted by Gasteiger charge is 2.08. The maximum absolute atomic E-state index is 6.10. The fourth-order valence-corrected chi connectivity index (χ4v) is 1.99. The predicted octanol–water partition coefficient (Wildman–Crippen LogP) is 3.96. The second kappa shape index (κ2) is 4.60. The van der Waals surface area contributed by atoms with Crippen molar-refractivity contribution in [3.05, 3.63) is 50.7 Å². The standard InChI is InChI=1S/C12H12BrClN2/c1-8-12(14)9(2)16(15-8)7-10-3-5-11(13)6-4-10/h3-6H,7H2,1-2H3. The van der Waals surface area contributed by atoms with Gasteiger partial charge in [0.25, 0.3) is 0 Å². The molecule has 84 valence electrons. The second-order valence-corrected chi connectivity index (χ2v) is 5.06. The molecule has 0 atom stereocenters. The lowest BCUT2D eigenvalue weighted by molar-refractivity contribution is 0.659. The van der Waals surface area contributed by atoms with Crippen molar-refractivity contribution in [2.24, 2.45) is 0 Å². The van der Waals surface area contributed by atoms with Gasteiger partial charge in [0.05, 0.1) is 23.0 Å². The summed E-state index contributed by atoms with van der Waals surface area (Å²) >= 11 is 9.52. The summed E-state index contributed by atoms with van der Waals surface area (Å²) in [5.41, 5.74) is 3.11. The van der Waals surface area contributed by atoms with Crippen molar-refractivity contribution in [1.29, 1.82) is 0 Å². The summed E-state index contributed by atoms with van der Waals surface area (Å²) in [5, 5.41) is 5.16. The van der Waals surface area contributed by atoms with Crippen molar-refractivity contribution in [3.8, 4) is 0 Å². The smallest absolute Gasteiger partial charge is 0.0844 e. The van der Waals surface area contributed by atoms with Gasteiger partial charge in [-0.3, -0.25) is 4.68 Å². The third-order valence-corrected chi connectivity index (χ3v) is 3.61. The monoisotopic (exact) mass is 298 g/mol. The molecule has 16 heavy (non-hydrogen) atoms. The average Bonchev–Trinajstić information content (AvgIpc) is 2.50. The molecule has 0 spiro atoms. The molecule has 0 unspecified atom stereocenters. The van der Waals surface area contributed by atoms with Gasteiger partial charge in [-0.05, 0) is 31.5 Å². The Kier molecular flexibility index (Phi) is 3.36. The van der Waals surface area contributed by atoms with Gasteiger partial charge in [0, 0.05) is 4.47 Å². The molecule has 0 amide bonds. The normalized spacial score (nSPS) is 10.8. The minimum atomic E-state index is 0.757. The van der Waals surface area contributed by atoms with E-state index in [0.29, 0.717) is 0 Å². The van der Waals surface area contributed by atoms with Gasteiger partial charge in [0.15, 0.2) is 0 Å². The first-order valence-electron chi connectivity index (χ1n) is 5.02. The van der Waals surface area contributed by atoms with Crippen LogP contribution in [0.2, 0.25) is 5.02 Å². The zero-order valence-corrected chi connectivity index (χ0v) is 11.5. The van der Waals surface area contributed by atoms with E-state index in [1.165, 1.54) is 5.56 Å². The fourth-order valence-electron chi connectivity index (χ4n) is 1.59. The molecule has 1 aromatic heterocycles. The zero-order chi connectivity index (χ0) is 11.7. The maximum atomic E-state index is 6.10. The molecule has 0 saturated heterocycles. The highest BCUT2D eigenvalue weighted by molar-refractivity contribution is 9.10. The molecule has 1 aromatic carbocycles. The van der Waals surface area contributed by atoms with E-state index < -0.39 is 0 Å². The molecule has 0 aliphatic heterocycles. The molecule has 0 bridgehead atoms. The molecule has 2 nitrogen and oxygen atoms in total. The zero-order valence-electron chi connectivity index (χ0n) is 9.17. The van der Waals surface area contributed by atoms with Crippen LogP contribution in [0.3, 0.4) is 0 Å². The Hall–Kier alpha value is -0.800. The first kappa shape index (κ1) is 11.7. The van der Waals surface area contributed by atoms with E-state index >= 15 is 0 Å². The van der Waals surface area contributed by atoms with Crippen LogP contribution in [-0.2, 0) is 6.54 Å². The number of rotatable bonds is 2. The molecule has 0 aliphatic rings. The summed E-state index contributed by atoms with van der Waals surface area (Å²) in [4.78, 5) is 0. The summed E-state index contributed by atoms with van der Waals surface area (Å²) in [5.74, 6) is 0. The third kappa shape index (κ3) is 2.30. The van der Waals surface area contributed by atoms with E-state index in [1.807, 2.05) is 30.7 Å². The summed E-state index contributed by atoms with van der Waals surface area (Å²) in [6.07, 6.45) is 0. The Morgan fingerprint density at radius 3 is 2.38 bits per heavy atom. The van der Waals surface area contributed by atoms with Crippen LogP contribution < -0.4 is 0 Å². The first-order valence-corrected chi connectivity index (χ1v) is 6.19. The lowest BCUT2D eigenvalue weighted by Gasteiger charge is -2.04.